The van der Waals surface area contributed by atoms with Gasteiger partial charge in [0.05, 0.1) is 5.69 Å². The second-order valence-electron chi connectivity index (χ2n) is 4.97. The van der Waals surface area contributed by atoms with Gasteiger partial charge in [0.15, 0.2) is 5.69 Å². The van der Waals surface area contributed by atoms with Crippen LogP contribution in [0.4, 0.5) is 4.39 Å². The van der Waals surface area contributed by atoms with E-state index in [4.69, 9.17) is 0 Å². The van der Waals surface area contributed by atoms with Gasteiger partial charge in [-0.25, -0.2) is 14.2 Å². The molecular weight excluding hydrogens is 283 g/mol. The van der Waals surface area contributed by atoms with E-state index < -0.39 is 5.97 Å². The topological polar surface area (TPSA) is 54.6 Å². The molecule has 1 N–H and O–H groups in total. The number of aromatic nitrogens is 2. The molecule has 2 aromatic heterocycles. The Morgan fingerprint density at radius 3 is 2.64 bits per heavy atom. The summed E-state index contributed by atoms with van der Waals surface area (Å²) in [6.45, 7) is 1.92. The third-order valence-corrected chi connectivity index (χ3v) is 3.31. The van der Waals surface area contributed by atoms with E-state index in [1.165, 1.54) is 12.1 Å². The van der Waals surface area contributed by atoms with Crippen LogP contribution in [0.1, 0.15) is 27.3 Å². The van der Waals surface area contributed by atoms with Crippen LogP contribution in [0.5, 0.6) is 0 Å². The number of carboxylic acid groups (broad SMARTS) is 1. The summed E-state index contributed by atoms with van der Waals surface area (Å²) >= 11 is 0. The van der Waals surface area contributed by atoms with Crippen LogP contribution in [-0.2, 0) is 0 Å². The lowest BCUT2D eigenvalue weighted by Crippen LogP contribution is -2.03. The number of hydrogen-bond donors (Lipinski definition) is 1. The minimum Gasteiger partial charge on any atom is -0.476 e. The lowest BCUT2D eigenvalue weighted by atomic mass is 10.2. The predicted octanol–water partition coefficient (Wildman–Crippen LogP) is 3.65. The minimum absolute atomic E-state index is 0.105. The maximum atomic E-state index is 12.9. The number of nitrogens with zero attached hydrogens (tertiary/aromatic N) is 2. The first kappa shape index (κ1) is 14.0. The first-order valence-corrected chi connectivity index (χ1v) is 6.70. The van der Waals surface area contributed by atoms with Crippen molar-refractivity contribution < 1.29 is 14.3 Å². The Kier molecular flexibility index (Phi) is 3.47. The van der Waals surface area contributed by atoms with Gasteiger partial charge in [-0.15, -0.1) is 0 Å². The Balaban J connectivity index is 2.07. The van der Waals surface area contributed by atoms with Gasteiger partial charge in [0, 0.05) is 6.20 Å². The second-order valence-corrected chi connectivity index (χ2v) is 4.97. The highest BCUT2D eigenvalue weighted by Crippen LogP contribution is 2.17. The van der Waals surface area contributed by atoms with Gasteiger partial charge in [0.25, 0.3) is 0 Å². The van der Waals surface area contributed by atoms with Gasteiger partial charge in [-0.1, -0.05) is 18.2 Å². The quantitative estimate of drug-likeness (QED) is 0.802. The minimum atomic E-state index is -1.05. The van der Waals surface area contributed by atoms with Crippen molar-refractivity contribution in [3.05, 3.63) is 70.9 Å². The van der Waals surface area contributed by atoms with Crippen LogP contribution in [-0.4, -0.2) is 20.5 Å². The van der Waals surface area contributed by atoms with Crippen molar-refractivity contribution in [2.24, 2.45) is 0 Å². The van der Waals surface area contributed by atoms with Gasteiger partial charge >= 0.3 is 5.97 Å². The summed E-state index contributed by atoms with van der Waals surface area (Å²) in [5.74, 6) is -1.36. The molecule has 3 aromatic rings. The highest BCUT2D eigenvalue weighted by atomic mass is 19.1. The van der Waals surface area contributed by atoms with Crippen molar-refractivity contribution in [1.29, 1.82) is 0 Å². The smallest absolute Gasteiger partial charge is 0.355 e. The summed E-state index contributed by atoms with van der Waals surface area (Å²) in [5.41, 5.74) is 2.82. The lowest BCUT2D eigenvalue weighted by Gasteiger charge is -1.98. The Hall–Kier alpha value is -2.95. The second kappa shape index (κ2) is 5.44. The van der Waals surface area contributed by atoms with E-state index in [0.717, 1.165) is 11.1 Å². The van der Waals surface area contributed by atoms with Gasteiger partial charge in [-0.05, 0) is 48.4 Å². The number of hydrogen-bond acceptors (Lipinski definition) is 2. The van der Waals surface area contributed by atoms with E-state index in [1.54, 1.807) is 34.9 Å². The molecule has 110 valence electrons. The molecular formula is C17H13FN2O2. The largest absolute Gasteiger partial charge is 0.476 e. The first-order chi connectivity index (χ1) is 10.5. The fourth-order valence-electron chi connectivity index (χ4n) is 2.24. The Bertz CT molecular complexity index is 880. The van der Waals surface area contributed by atoms with E-state index in [9.17, 15) is 14.3 Å². The van der Waals surface area contributed by atoms with E-state index in [-0.39, 0.29) is 11.5 Å². The fraction of sp³-hybridized carbons (Fsp3) is 0.0588. The number of rotatable bonds is 3. The molecule has 3 rings (SSSR count). The maximum absolute atomic E-state index is 12.9. The highest BCUT2D eigenvalue weighted by Gasteiger charge is 2.16. The van der Waals surface area contributed by atoms with E-state index >= 15 is 0 Å². The molecule has 0 saturated heterocycles. The summed E-state index contributed by atoms with van der Waals surface area (Å²) in [4.78, 5) is 15.8. The van der Waals surface area contributed by atoms with Crippen molar-refractivity contribution >= 4 is 23.8 Å². The number of halogens is 1. The zero-order chi connectivity index (χ0) is 15.7. The standard InChI is InChI=1S/C17H13FN2O2/c1-11-8-9-20-15(10-11)19-14(16(20)17(21)22)7-4-12-2-5-13(18)6-3-12/h2-10H,1H3,(H,21,22)/b7-4+. The number of fused-ring (bicyclic) bond motifs is 1. The predicted molar refractivity (Wildman–Crippen MR) is 82.2 cm³/mol. The zero-order valence-electron chi connectivity index (χ0n) is 11.8. The molecule has 1 aromatic carbocycles. The van der Waals surface area contributed by atoms with Crippen molar-refractivity contribution in [2.45, 2.75) is 6.92 Å². The molecule has 0 aliphatic heterocycles. The molecule has 22 heavy (non-hydrogen) atoms. The van der Waals surface area contributed by atoms with Gasteiger partial charge in [-0.3, -0.25) is 4.40 Å². The first-order valence-electron chi connectivity index (χ1n) is 6.70. The number of carbonyl (C=O) groups is 1. The summed E-state index contributed by atoms with van der Waals surface area (Å²) in [5, 5.41) is 9.41. The number of aromatic carboxylic acids is 1. The van der Waals surface area contributed by atoms with Crippen molar-refractivity contribution in [1.82, 2.24) is 9.38 Å². The van der Waals surface area contributed by atoms with E-state index in [1.807, 2.05) is 19.1 Å². The van der Waals surface area contributed by atoms with Crippen LogP contribution < -0.4 is 0 Å². The third-order valence-electron chi connectivity index (χ3n) is 3.31. The number of pyridine rings is 1. The lowest BCUT2D eigenvalue weighted by molar-refractivity contribution is 0.0689. The molecule has 5 heteroatoms. The summed E-state index contributed by atoms with van der Waals surface area (Å²) < 4.78 is 14.4. The van der Waals surface area contributed by atoms with Crippen molar-refractivity contribution in [3.8, 4) is 0 Å². The SMILES string of the molecule is Cc1ccn2c(C(=O)O)c(/C=C/c3ccc(F)cc3)nc2c1. The van der Waals surface area contributed by atoms with Crippen molar-refractivity contribution in [2.75, 3.05) is 0 Å². The molecule has 0 radical (unpaired) electrons. The Labute approximate surface area is 126 Å². The fourth-order valence-corrected chi connectivity index (χ4v) is 2.24. The molecule has 0 spiro atoms. The van der Waals surface area contributed by atoms with E-state index in [2.05, 4.69) is 4.98 Å². The average Bonchev–Trinajstić information content (AvgIpc) is 2.84. The number of imidazole rings is 1. The van der Waals surface area contributed by atoms with Crippen LogP contribution in [0.2, 0.25) is 0 Å². The average molecular weight is 296 g/mol. The maximum Gasteiger partial charge on any atom is 0.355 e. The van der Waals surface area contributed by atoms with Gasteiger partial charge < -0.3 is 5.11 Å². The molecule has 0 aliphatic carbocycles. The number of carboxylic acids is 1. The molecule has 4 nitrogen and oxygen atoms in total. The Morgan fingerprint density at radius 1 is 1.23 bits per heavy atom. The molecule has 2 heterocycles. The normalized spacial score (nSPS) is 11.4. The van der Waals surface area contributed by atoms with E-state index in [0.29, 0.717) is 11.3 Å². The Morgan fingerprint density at radius 2 is 1.95 bits per heavy atom. The van der Waals surface area contributed by atoms with Crippen LogP contribution in [0.3, 0.4) is 0 Å². The number of aryl methyl sites for hydroxylation is 1. The summed E-state index contributed by atoms with van der Waals surface area (Å²) in [7, 11) is 0. The molecule has 0 unspecified atom stereocenters. The molecule has 0 aliphatic rings. The van der Waals surface area contributed by atoms with Crippen molar-refractivity contribution in [3.63, 3.8) is 0 Å². The van der Waals surface area contributed by atoms with Gasteiger partial charge in [0.2, 0.25) is 0 Å². The third kappa shape index (κ3) is 2.61. The zero-order valence-corrected chi connectivity index (χ0v) is 11.8. The molecule has 0 saturated carbocycles. The van der Waals surface area contributed by atoms with Crippen LogP contribution >= 0.6 is 0 Å². The number of benzene rings is 1. The monoisotopic (exact) mass is 296 g/mol. The molecule has 0 fully saturated rings. The summed E-state index contributed by atoms with van der Waals surface area (Å²) in [6, 6.07) is 9.59. The van der Waals surface area contributed by atoms with Crippen LogP contribution in [0.15, 0.2) is 42.6 Å². The highest BCUT2D eigenvalue weighted by molar-refractivity contribution is 5.92. The van der Waals surface area contributed by atoms with Crippen LogP contribution in [0.25, 0.3) is 17.8 Å². The van der Waals surface area contributed by atoms with Gasteiger partial charge in [0.1, 0.15) is 11.5 Å². The van der Waals surface area contributed by atoms with Gasteiger partial charge in [-0.2, -0.15) is 0 Å². The summed E-state index contributed by atoms with van der Waals surface area (Å²) in [6.07, 6.45) is 5.02. The molecule has 0 atom stereocenters. The molecule has 0 amide bonds. The van der Waals surface area contributed by atoms with Crippen LogP contribution in [0, 0.1) is 12.7 Å². The molecule has 0 bridgehead atoms.